The van der Waals surface area contributed by atoms with Crippen LogP contribution in [0.2, 0.25) is 0 Å². The average Bonchev–Trinajstić information content (AvgIpc) is 2.73. The highest BCUT2D eigenvalue weighted by Crippen LogP contribution is 2.32. The Kier molecular flexibility index (Phi) is 7.38. The van der Waals surface area contributed by atoms with Gasteiger partial charge in [0, 0.05) is 12.1 Å². The van der Waals surface area contributed by atoms with Crippen LogP contribution in [0, 0.1) is 10.1 Å². The van der Waals surface area contributed by atoms with E-state index in [0.717, 1.165) is 43.3 Å². The Morgan fingerprint density at radius 2 is 1.21 bits per heavy atom. The Bertz CT molecular complexity index is 1240. The quantitative estimate of drug-likeness (QED) is 0.410. The van der Waals surface area contributed by atoms with Crippen LogP contribution in [0.3, 0.4) is 0 Å². The summed E-state index contributed by atoms with van der Waals surface area (Å²) >= 11 is 0. The van der Waals surface area contributed by atoms with E-state index in [4.69, 9.17) is 0 Å². The molecule has 0 radical (unpaired) electrons. The SMILES string of the molecule is CCS(=O)(=O)N(C(=O)N(c1ccc(C(F)(F)F)cc1)S(=O)(=O)CC)c1ccc([N+](=O)[O-])cc1. The van der Waals surface area contributed by atoms with Gasteiger partial charge in [-0.3, -0.25) is 10.1 Å². The monoisotopic (exact) mass is 509 g/mol. The number of carbonyl (C=O) groups is 1. The highest BCUT2D eigenvalue weighted by molar-refractivity contribution is 7.95. The Balaban J connectivity index is 2.69. The van der Waals surface area contributed by atoms with Gasteiger partial charge in [0.15, 0.2) is 0 Å². The molecule has 0 aliphatic carbocycles. The van der Waals surface area contributed by atoms with Crippen LogP contribution in [-0.4, -0.2) is 39.3 Å². The van der Waals surface area contributed by atoms with Crippen molar-refractivity contribution in [3.8, 4) is 0 Å². The number of rotatable bonds is 7. The van der Waals surface area contributed by atoms with Crippen molar-refractivity contribution in [3.05, 3.63) is 64.2 Å². The summed E-state index contributed by atoms with van der Waals surface area (Å²) in [6.45, 7) is 2.34. The molecule has 0 N–H and O–H groups in total. The maximum atomic E-state index is 13.3. The number of urea groups is 1. The molecule has 0 aliphatic rings. The second-order valence-corrected chi connectivity index (χ2v) is 10.6. The lowest BCUT2D eigenvalue weighted by atomic mass is 10.2. The minimum atomic E-state index is -4.73. The van der Waals surface area contributed by atoms with Gasteiger partial charge in [-0.25, -0.2) is 21.6 Å². The fourth-order valence-electron chi connectivity index (χ4n) is 2.62. The lowest BCUT2D eigenvalue weighted by Gasteiger charge is -2.29. The molecule has 0 unspecified atom stereocenters. The van der Waals surface area contributed by atoms with Crippen molar-refractivity contribution in [2.24, 2.45) is 0 Å². The van der Waals surface area contributed by atoms with Crippen molar-refractivity contribution in [3.63, 3.8) is 0 Å². The molecular weight excluding hydrogens is 491 g/mol. The molecule has 33 heavy (non-hydrogen) atoms. The summed E-state index contributed by atoms with van der Waals surface area (Å²) in [5.41, 5.74) is -2.44. The number of amides is 2. The van der Waals surface area contributed by atoms with E-state index in [-0.39, 0.29) is 8.61 Å². The third kappa shape index (κ3) is 5.60. The van der Waals surface area contributed by atoms with Gasteiger partial charge in [0.1, 0.15) is 0 Å². The maximum Gasteiger partial charge on any atom is 0.416 e. The van der Waals surface area contributed by atoms with Crippen LogP contribution in [0.5, 0.6) is 0 Å². The van der Waals surface area contributed by atoms with Gasteiger partial charge in [-0.2, -0.15) is 21.8 Å². The van der Waals surface area contributed by atoms with E-state index in [1.807, 2.05) is 0 Å². The Labute approximate surface area is 187 Å². The molecule has 10 nitrogen and oxygen atoms in total. The molecule has 2 rings (SSSR count). The molecule has 0 aliphatic heterocycles. The Hall–Kier alpha value is -3.20. The fourth-order valence-corrected chi connectivity index (χ4v) is 4.71. The lowest BCUT2D eigenvalue weighted by molar-refractivity contribution is -0.384. The molecule has 0 fully saturated rings. The molecule has 0 saturated carbocycles. The number of carbonyl (C=O) groups excluding carboxylic acids is 1. The van der Waals surface area contributed by atoms with E-state index in [1.54, 1.807) is 0 Å². The molecule has 2 amide bonds. The van der Waals surface area contributed by atoms with Crippen LogP contribution in [0.1, 0.15) is 19.4 Å². The molecule has 2 aromatic carbocycles. The summed E-state index contributed by atoms with van der Waals surface area (Å²) in [7, 11) is -8.99. The first-order valence-corrected chi connectivity index (χ1v) is 12.4. The molecule has 2 aromatic rings. The van der Waals surface area contributed by atoms with Crippen LogP contribution < -0.4 is 8.61 Å². The molecule has 0 spiro atoms. The topological polar surface area (TPSA) is 135 Å². The van der Waals surface area contributed by atoms with Gasteiger partial charge in [-0.1, -0.05) is 0 Å². The lowest BCUT2D eigenvalue weighted by Crippen LogP contribution is -2.50. The number of nitro groups is 1. The number of hydrogen-bond acceptors (Lipinski definition) is 7. The summed E-state index contributed by atoms with van der Waals surface area (Å²) < 4.78 is 89.7. The van der Waals surface area contributed by atoms with E-state index in [0.29, 0.717) is 12.1 Å². The highest BCUT2D eigenvalue weighted by atomic mass is 32.2. The third-order valence-corrected chi connectivity index (χ3v) is 7.66. The average molecular weight is 509 g/mol. The first kappa shape index (κ1) is 26.1. The van der Waals surface area contributed by atoms with Gasteiger partial charge in [0.2, 0.25) is 20.0 Å². The number of alkyl halides is 3. The summed E-state index contributed by atoms with van der Waals surface area (Å²) in [5, 5.41) is 10.9. The van der Waals surface area contributed by atoms with E-state index in [9.17, 15) is 44.9 Å². The second kappa shape index (κ2) is 9.35. The third-order valence-electron chi connectivity index (χ3n) is 4.36. The van der Waals surface area contributed by atoms with Crippen molar-refractivity contribution in [1.29, 1.82) is 0 Å². The zero-order chi connectivity index (χ0) is 25.2. The first-order valence-electron chi connectivity index (χ1n) is 9.17. The minimum Gasteiger partial charge on any atom is -0.258 e. The van der Waals surface area contributed by atoms with Gasteiger partial charge < -0.3 is 0 Å². The Morgan fingerprint density at radius 1 is 0.848 bits per heavy atom. The summed E-state index contributed by atoms with van der Waals surface area (Å²) in [5.74, 6) is -1.33. The molecular formula is C18H18F3N3O7S2. The van der Waals surface area contributed by atoms with Gasteiger partial charge in [-0.15, -0.1) is 0 Å². The predicted octanol–water partition coefficient (Wildman–Crippen LogP) is 3.75. The first-order chi connectivity index (χ1) is 15.2. The molecule has 0 aromatic heterocycles. The van der Waals surface area contributed by atoms with Crippen molar-refractivity contribution >= 4 is 43.1 Å². The minimum absolute atomic E-state index is 0.0851. The fraction of sp³-hybridized carbons (Fsp3) is 0.278. The van der Waals surface area contributed by atoms with Crippen molar-refractivity contribution in [2.75, 3.05) is 20.1 Å². The van der Waals surface area contributed by atoms with Crippen molar-refractivity contribution in [2.45, 2.75) is 20.0 Å². The zero-order valence-electron chi connectivity index (χ0n) is 17.2. The summed E-state index contributed by atoms with van der Waals surface area (Å²) in [6.07, 6.45) is -4.73. The van der Waals surface area contributed by atoms with Crippen LogP contribution in [0.15, 0.2) is 48.5 Å². The van der Waals surface area contributed by atoms with E-state index in [2.05, 4.69) is 0 Å². The largest absolute Gasteiger partial charge is 0.416 e. The summed E-state index contributed by atoms with van der Waals surface area (Å²) in [6, 6.07) is 4.64. The molecule has 0 heterocycles. The number of hydrogen-bond donors (Lipinski definition) is 0. The van der Waals surface area contributed by atoms with E-state index < -0.39 is 71.3 Å². The maximum absolute atomic E-state index is 13.3. The van der Waals surface area contributed by atoms with Crippen LogP contribution in [0.25, 0.3) is 0 Å². The second-order valence-electron chi connectivity index (χ2n) is 6.43. The van der Waals surface area contributed by atoms with E-state index in [1.165, 1.54) is 6.92 Å². The standard InChI is InChI=1S/C18H18F3N3O7S2/c1-3-32(28,29)22(14-7-5-13(6-8-14)18(19,20)21)17(25)23(33(30,31)4-2)15-9-11-16(12-10-15)24(26)27/h5-12H,3-4H2,1-2H3. The van der Waals surface area contributed by atoms with Crippen LogP contribution >= 0.6 is 0 Å². The van der Waals surface area contributed by atoms with Gasteiger partial charge in [0.05, 0.1) is 33.4 Å². The number of non-ortho nitro benzene ring substituents is 1. The zero-order valence-corrected chi connectivity index (χ0v) is 18.8. The number of nitrogens with zero attached hydrogens (tertiary/aromatic N) is 3. The van der Waals surface area contributed by atoms with E-state index >= 15 is 0 Å². The number of benzene rings is 2. The van der Waals surface area contributed by atoms with Gasteiger partial charge in [-0.05, 0) is 50.2 Å². The molecule has 0 atom stereocenters. The molecule has 15 heteroatoms. The van der Waals surface area contributed by atoms with Crippen molar-refractivity contribution < 1.29 is 39.7 Å². The number of anilines is 2. The van der Waals surface area contributed by atoms with Crippen molar-refractivity contribution in [1.82, 2.24) is 0 Å². The van der Waals surface area contributed by atoms with Gasteiger partial charge in [0.25, 0.3) is 5.69 Å². The van der Waals surface area contributed by atoms with Crippen LogP contribution in [-0.2, 0) is 26.2 Å². The Morgan fingerprint density at radius 3 is 1.52 bits per heavy atom. The number of sulfonamides is 2. The van der Waals surface area contributed by atoms with Gasteiger partial charge >= 0.3 is 12.2 Å². The molecule has 0 saturated heterocycles. The highest BCUT2D eigenvalue weighted by Gasteiger charge is 2.39. The van der Waals surface area contributed by atoms with Crippen LogP contribution in [0.4, 0.5) is 35.0 Å². The normalized spacial score (nSPS) is 12.3. The smallest absolute Gasteiger partial charge is 0.258 e. The molecule has 0 bridgehead atoms. The summed E-state index contributed by atoms with van der Waals surface area (Å²) in [4.78, 5) is 23.4. The number of halogens is 3. The number of nitro benzene ring substituents is 1. The predicted molar refractivity (Wildman–Crippen MR) is 114 cm³/mol. The molecule has 180 valence electrons.